The van der Waals surface area contributed by atoms with Crippen molar-refractivity contribution in [3.63, 3.8) is 0 Å². The fraction of sp³-hybridized carbons (Fsp3) is 0. The van der Waals surface area contributed by atoms with Crippen LogP contribution in [0.4, 0.5) is 51.8 Å². The maximum atomic E-state index is 9.75. The van der Waals surface area contributed by atoms with Crippen LogP contribution in [0.15, 0.2) is 0 Å². The van der Waals surface area contributed by atoms with Gasteiger partial charge in [-0.25, -0.2) is 0 Å². The second-order valence-corrected chi connectivity index (χ2v) is 1.48. The summed E-state index contributed by atoms with van der Waals surface area (Å²) in [6.45, 7) is 0. The topological polar surface area (TPSA) is 0 Å². The van der Waals surface area contributed by atoms with E-state index < -0.39 is 21.8 Å². The van der Waals surface area contributed by atoms with Crippen LogP contribution in [0.2, 0.25) is 0 Å². The van der Waals surface area contributed by atoms with Crippen LogP contribution < -0.4 is 68.9 Å². The van der Waals surface area contributed by atoms with Crippen molar-refractivity contribution in [3.8, 4) is 0 Å². The van der Waals surface area contributed by atoms with Crippen molar-refractivity contribution >= 4 is 31.9 Å². The third kappa shape index (κ3) is 1720. The van der Waals surface area contributed by atoms with Gasteiger partial charge in [-0.1, -0.05) is 0 Å². The molecule has 0 spiro atoms. The molecule has 17 heavy (non-hydrogen) atoms. The maximum Gasteiger partial charge on any atom is 2.00 e. The first-order valence-corrected chi connectivity index (χ1v) is 2.62. The van der Waals surface area contributed by atoms with Crippen LogP contribution in [0.5, 0.6) is 0 Å². The molecular weight excluding hydrogens is 402 g/mol. The fourth-order valence-electron chi connectivity index (χ4n) is 0. The summed E-state index contributed by atoms with van der Waals surface area (Å²) in [6, 6.07) is 0. The number of halogens is 12. The molecule has 0 aliphatic rings. The summed E-state index contributed by atoms with van der Waals surface area (Å²) in [5.74, 6) is 0. The normalized spacial score (nSPS) is 10.6. The van der Waals surface area contributed by atoms with Gasteiger partial charge in [0.05, 0.1) is 0 Å². The number of rotatable bonds is 0. The molecule has 0 heterocycles. The van der Waals surface area contributed by atoms with Crippen molar-refractivity contribution < 1.29 is 121 Å². The van der Waals surface area contributed by atoms with Crippen LogP contribution in [-0.4, -0.2) is 31.9 Å². The molecule has 0 unspecified atom stereocenters. The number of hydrogen-bond acceptors (Lipinski definition) is 0. The van der Waals surface area contributed by atoms with E-state index in [1.165, 1.54) is 0 Å². The average molecular weight is 402 g/mol. The second kappa shape index (κ2) is 12.6. The molecule has 96 valence electrons. The van der Waals surface area contributed by atoms with Gasteiger partial charge in [0.1, 0.15) is 0 Å². The van der Waals surface area contributed by atoms with E-state index in [0.717, 1.165) is 0 Å². The summed E-state index contributed by atoms with van der Waals surface area (Å²) in [4.78, 5) is 0. The Hall–Kier alpha value is 1.58. The van der Waals surface area contributed by atoms with Gasteiger partial charge in [0, 0.05) is 0 Å². The average Bonchev–Trinajstić information content (AvgIpc) is 1.41. The Morgan fingerprint density at radius 2 is 0.353 bits per heavy atom. The molecular formula is B3BeCsF12. The molecule has 0 N–H and O–H groups in total. The maximum absolute atomic E-state index is 9.75. The second-order valence-electron chi connectivity index (χ2n) is 1.48. The largest absolute Gasteiger partial charge is 2.00 e. The van der Waals surface area contributed by atoms with E-state index in [1.807, 2.05) is 0 Å². The summed E-state index contributed by atoms with van der Waals surface area (Å²) in [5.41, 5.74) is 0. The Bertz CT molecular complexity index is 96.8. The van der Waals surface area contributed by atoms with Gasteiger partial charge in [-0.3, -0.25) is 0 Å². The van der Waals surface area contributed by atoms with Crippen molar-refractivity contribution in [1.29, 1.82) is 0 Å². The van der Waals surface area contributed by atoms with Gasteiger partial charge in [-0.15, -0.1) is 0 Å². The molecule has 0 aliphatic carbocycles. The quantitative estimate of drug-likeness (QED) is 0.410. The molecule has 0 aromatic carbocycles. The summed E-state index contributed by atoms with van der Waals surface area (Å²) < 4.78 is 117. The monoisotopic (exact) mass is 403 g/mol. The van der Waals surface area contributed by atoms with Crippen molar-refractivity contribution in [1.82, 2.24) is 0 Å². The Morgan fingerprint density at radius 1 is 0.353 bits per heavy atom. The first kappa shape index (κ1) is 31.1. The van der Waals surface area contributed by atoms with E-state index in [2.05, 4.69) is 0 Å². The third-order valence-corrected chi connectivity index (χ3v) is 0. The Morgan fingerprint density at radius 3 is 0.353 bits per heavy atom. The van der Waals surface area contributed by atoms with Crippen LogP contribution in [0.1, 0.15) is 0 Å². The molecule has 0 saturated carbocycles. The van der Waals surface area contributed by atoms with Gasteiger partial charge >= 0.3 is 101 Å². The van der Waals surface area contributed by atoms with Crippen LogP contribution in [-0.2, 0) is 0 Å². The van der Waals surface area contributed by atoms with Gasteiger partial charge in [-0.2, -0.15) is 0 Å². The van der Waals surface area contributed by atoms with E-state index in [1.54, 1.807) is 0 Å². The fourth-order valence-corrected chi connectivity index (χ4v) is 0. The Labute approximate surface area is 150 Å². The summed E-state index contributed by atoms with van der Waals surface area (Å²) in [5, 5.41) is 0. The van der Waals surface area contributed by atoms with Gasteiger partial charge in [0.25, 0.3) is 0 Å². The molecule has 0 aromatic rings. The molecule has 0 nitrogen and oxygen atoms in total. The van der Waals surface area contributed by atoms with Gasteiger partial charge in [0.15, 0.2) is 0 Å². The molecule has 0 aliphatic heterocycles. The molecule has 0 atom stereocenters. The zero-order valence-electron chi connectivity index (χ0n) is 7.97. The smallest absolute Gasteiger partial charge is 0.418 e. The Kier molecular flexibility index (Phi) is 23.1. The molecule has 0 saturated heterocycles. The zero-order chi connectivity index (χ0) is 13.5. The number of hydrogen-bond donors (Lipinski definition) is 0. The van der Waals surface area contributed by atoms with E-state index >= 15 is 0 Å². The van der Waals surface area contributed by atoms with Crippen LogP contribution in [0.3, 0.4) is 0 Å². The van der Waals surface area contributed by atoms with E-state index in [0.29, 0.717) is 0 Å². The van der Waals surface area contributed by atoms with Gasteiger partial charge in [0.2, 0.25) is 0 Å². The van der Waals surface area contributed by atoms with Crippen molar-refractivity contribution in [2.24, 2.45) is 0 Å². The van der Waals surface area contributed by atoms with E-state index in [4.69, 9.17) is 0 Å². The predicted octanol–water partition coefficient (Wildman–Crippen LogP) is 0.523. The van der Waals surface area contributed by atoms with E-state index in [-0.39, 0.29) is 79.0 Å². The van der Waals surface area contributed by atoms with Crippen molar-refractivity contribution in [3.05, 3.63) is 0 Å². The minimum Gasteiger partial charge on any atom is -0.418 e. The van der Waals surface area contributed by atoms with Crippen molar-refractivity contribution in [2.75, 3.05) is 0 Å². The molecule has 0 aromatic heterocycles. The predicted molar refractivity (Wildman–Crippen MR) is 36.3 cm³/mol. The van der Waals surface area contributed by atoms with Crippen molar-refractivity contribution in [2.45, 2.75) is 0 Å². The van der Waals surface area contributed by atoms with Crippen LogP contribution in [0.25, 0.3) is 0 Å². The summed E-state index contributed by atoms with van der Waals surface area (Å²) in [6.07, 6.45) is 0. The van der Waals surface area contributed by atoms with Gasteiger partial charge in [-0.05, 0) is 0 Å². The Balaban J connectivity index is -0.0000000400. The minimum atomic E-state index is -6.00. The minimum absolute atomic E-state index is 0. The molecule has 0 rings (SSSR count). The standard InChI is InChI=1S/3BF4.Be.Cs/c3*2-1(3,4)5;;/q3*-1;+2;+1. The van der Waals surface area contributed by atoms with Crippen LogP contribution in [0, 0.1) is 0 Å². The molecule has 0 bridgehead atoms. The zero-order valence-corrected chi connectivity index (χ0v) is 14.3. The third-order valence-electron chi connectivity index (χ3n) is 0. The molecule has 17 heteroatoms. The summed E-state index contributed by atoms with van der Waals surface area (Å²) in [7, 11) is -18.0. The SMILES string of the molecule is F[B-](F)(F)F.F[B-](F)(F)F.F[B-](F)(F)F.[Be+2].[Cs+]. The molecule has 0 radical (unpaired) electrons. The molecule has 0 amide bonds. The van der Waals surface area contributed by atoms with Gasteiger partial charge < -0.3 is 51.8 Å². The first-order chi connectivity index (χ1) is 6.00. The summed E-state index contributed by atoms with van der Waals surface area (Å²) >= 11 is 0. The van der Waals surface area contributed by atoms with E-state index in [9.17, 15) is 51.8 Å². The molecule has 0 fully saturated rings. The van der Waals surface area contributed by atoms with Crippen LogP contribution >= 0.6 is 0 Å². The first-order valence-electron chi connectivity index (χ1n) is 2.62.